The molecule has 0 radical (unpaired) electrons. The lowest BCUT2D eigenvalue weighted by Gasteiger charge is -2.07. The van der Waals surface area contributed by atoms with Gasteiger partial charge in [-0.3, -0.25) is 0 Å². The molecular weight excluding hydrogens is 232 g/mol. The molecule has 1 aromatic heterocycles. The number of nitrogens with zero attached hydrogens (tertiary/aromatic N) is 4. The molecule has 1 heterocycles. The van der Waals surface area contributed by atoms with Crippen molar-refractivity contribution >= 4 is 5.97 Å². The summed E-state index contributed by atoms with van der Waals surface area (Å²) in [5.41, 5.74) is 0.861. The second-order valence-corrected chi connectivity index (χ2v) is 3.73. The fraction of sp³-hybridized carbons (Fsp3) is 0.333. The summed E-state index contributed by atoms with van der Waals surface area (Å²) in [6.45, 7) is 3.77. The molecule has 94 valence electrons. The lowest BCUT2D eigenvalue weighted by molar-refractivity contribution is -0.147. The van der Waals surface area contributed by atoms with Gasteiger partial charge in [-0.05, 0) is 19.1 Å². The van der Waals surface area contributed by atoms with E-state index in [-0.39, 0.29) is 5.97 Å². The van der Waals surface area contributed by atoms with Crippen molar-refractivity contribution in [3.8, 4) is 11.4 Å². The number of carbonyl (C=O) groups is 1. The molecule has 0 saturated heterocycles. The quantitative estimate of drug-likeness (QED) is 0.764. The Hall–Kier alpha value is -2.24. The highest BCUT2D eigenvalue weighted by atomic mass is 16.5. The molecule has 0 spiro atoms. The minimum Gasteiger partial charge on any atom is -0.464 e. The predicted molar refractivity (Wildman–Crippen MR) is 64.6 cm³/mol. The maximum absolute atomic E-state index is 11.5. The smallest absolute Gasteiger partial charge is 0.332 e. The van der Waals surface area contributed by atoms with Crippen LogP contribution in [-0.2, 0) is 9.53 Å². The van der Waals surface area contributed by atoms with Gasteiger partial charge in [0.15, 0.2) is 6.04 Å². The van der Waals surface area contributed by atoms with Crippen molar-refractivity contribution in [1.82, 2.24) is 20.2 Å². The fourth-order valence-electron chi connectivity index (χ4n) is 1.45. The van der Waals surface area contributed by atoms with E-state index >= 15 is 0 Å². The van der Waals surface area contributed by atoms with E-state index < -0.39 is 6.04 Å². The Kier molecular flexibility index (Phi) is 3.66. The van der Waals surface area contributed by atoms with Crippen molar-refractivity contribution in [3.05, 3.63) is 30.3 Å². The van der Waals surface area contributed by atoms with Crippen LogP contribution in [0.2, 0.25) is 0 Å². The molecule has 2 aromatic rings. The first kappa shape index (κ1) is 12.2. The highest BCUT2D eigenvalue weighted by Crippen LogP contribution is 2.13. The van der Waals surface area contributed by atoms with Gasteiger partial charge in [0, 0.05) is 5.56 Å². The second kappa shape index (κ2) is 5.39. The number of aromatic nitrogens is 4. The predicted octanol–water partition coefficient (Wildman–Crippen LogP) is 1.46. The van der Waals surface area contributed by atoms with Gasteiger partial charge in [-0.15, -0.1) is 15.0 Å². The molecule has 0 unspecified atom stereocenters. The zero-order valence-corrected chi connectivity index (χ0v) is 10.3. The number of hydrogen-bond acceptors (Lipinski definition) is 5. The molecule has 6 heteroatoms. The van der Waals surface area contributed by atoms with Crippen LogP contribution in [0.1, 0.15) is 19.9 Å². The molecule has 1 atom stereocenters. The first-order valence-corrected chi connectivity index (χ1v) is 5.74. The zero-order valence-electron chi connectivity index (χ0n) is 10.3. The highest BCUT2D eigenvalue weighted by molar-refractivity contribution is 5.73. The van der Waals surface area contributed by atoms with Crippen molar-refractivity contribution in [2.24, 2.45) is 0 Å². The van der Waals surface area contributed by atoms with E-state index in [0.717, 1.165) is 5.56 Å². The van der Waals surface area contributed by atoms with E-state index in [2.05, 4.69) is 15.4 Å². The van der Waals surface area contributed by atoms with Gasteiger partial charge in [-0.1, -0.05) is 30.3 Å². The lowest BCUT2D eigenvalue weighted by atomic mass is 10.2. The van der Waals surface area contributed by atoms with Gasteiger partial charge in [0.1, 0.15) is 0 Å². The van der Waals surface area contributed by atoms with Gasteiger partial charge in [0.05, 0.1) is 6.61 Å². The molecule has 0 fully saturated rings. The average Bonchev–Trinajstić information content (AvgIpc) is 2.89. The highest BCUT2D eigenvalue weighted by Gasteiger charge is 2.19. The van der Waals surface area contributed by atoms with Crippen molar-refractivity contribution in [2.45, 2.75) is 19.9 Å². The normalized spacial score (nSPS) is 12.1. The molecule has 0 bridgehead atoms. The van der Waals surface area contributed by atoms with Crippen LogP contribution in [0.15, 0.2) is 30.3 Å². The Morgan fingerprint density at radius 2 is 2.11 bits per heavy atom. The Morgan fingerprint density at radius 1 is 1.39 bits per heavy atom. The first-order valence-electron chi connectivity index (χ1n) is 5.74. The topological polar surface area (TPSA) is 69.9 Å². The molecule has 2 rings (SSSR count). The van der Waals surface area contributed by atoms with Gasteiger partial charge >= 0.3 is 5.97 Å². The van der Waals surface area contributed by atoms with E-state index in [0.29, 0.717) is 12.4 Å². The number of ether oxygens (including phenoxy) is 1. The number of rotatable bonds is 4. The number of esters is 1. The summed E-state index contributed by atoms with van der Waals surface area (Å²) in [6, 6.07) is 8.90. The lowest BCUT2D eigenvalue weighted by Crippen LogP contribution is -2.21. The summed E-state index contributed by atoms with van der Waals surface area (Å²) in [4.78, 5) is 12.8. The van der Waals surface area contributed by atoms with Crippen LogP contribution < -0.4 is 0 Å². The van der Waals surface area contributed by atoms with E-state index in [1.165, 1.54) is 4.80 Å². The Balaban J connectivity index is 2.18. The van der Waals surface area contributed by atoms with Gasteiger partial charge in [0.25, 0.3) is 0 Å². The van der Waals surface area contributed by atoms with Crippen LogP contribution in [0, 0.1) is 0 Å². The largest absolute Gasteiger partial charge is 0.464 e. The summed E-state index contributed by atoms with van der Waals surface area (Å²) >= 11 is 0. The minimum absolute atomic E-state index is 0.337. The van der Waals surface area contributed by atoms with Crippen LogP contribution in [-0.4, -0.2) is 32.8 Å². The third-order valence-electron chi connectivity index (χ3n) is 2.43. The third kappa shape index (κ3) is 2.53. The summed E-state index contributed by atoms with van der Waals surface area (Å²) < 4.78 is 4.91. The second-order valence-electron chi connectivity index (χ2n) is 3.73. The average molecular weight is 246 g/mol. The van der Waals surface area contributed by atoms with Crippen LogP contribution in [0.5, 0.6) is 0 Å². The first-order chi connectivity index (χ1) is 8.72. The molecule has 18 heavy (non-hydrogen) atoms. The van der Waals surface area contributed by atoms with Gasteiger partial charge in [-0.2, -0.15) is 0 Å². The van der Waals surface area contributed by atoms with Crippen LogP contribution >= 0.6 is 0 Å². The summed E-state index contributed by atoms with van der Waals surface area (Å²) in [7, 11) is 0. The van der Waals surface area contributed by atoms with Gasteiger partial charge in [-0.25, -0.2) is 4.79 Å². The Morgan fingerprint density at radius 3 is 2.78 bits per heavy atom. The Labute approximate surface area is 105 Å². The molecule has 0 aliphatic rings. The van der Waals surface area contributed by atoms with Crippen LogP contribution in [0.4, 0.5) is 0 Å². The Bertz CT molecular complexity index is 524. The number of carbonyl (C=O) groups excluding carboxylic acids is 1. The molecule has 0 aliphatic heterocycles. The van der Waals surface area contributed by atoms with Crippen molar-refractivity contribution in [2.75, 3.05) is 6.61 Å². The SMILES string of the molecule is CCOC(=O)[C@@H](C)n1nnc(-c2ccccc2)n1. The minimum atomic E-state index is -0.574. The molecule has 0 N–H and O–H groups in total. The number of hydrogen-bond donors (Lipinski definition) is 0. The van der Waals surface area contributed by atoms with Crippen LogP contribution in [0.25, 0.3) is 11.4 Å². The van der Waals surface area contributed by atoms with E-state index in [9.17, 15) is 4.79 Å². The number of tetrazole rings is 1. The molecule has 0 aliphatic carbocycles. The van der Waals surface area contributed by atoms with Gasteiger partial charge in [0.2, 0.25) is 5.82 Å². The standard InChI is InChI=1S/C12H14N4O2/c1-3-18-12(17)9(2)16-14-11(13-15-16)10-7-5-4-6-8-10/h4-9H,3H2,1-2H3/t9-/m1/s1. The number of benzene rings is 1. The summed E-state index contributed by atoms with van der Waals surface area (Å²) in [5, 5.41) is 12.0. The fourth-order valence-corrected chi connectivity index (χ4v) is 1.45. The molecule has 1 aromatic carbocycles. The van der Waals surface area contributed by atoms with E-state index in [1.54, 1.807) is 13.8 Å². The summed E-state index contributed by atoms with van der Waals surface area (Å²) in [5.74, 6) is 0.126. The maximum atomic E-state index is 11.5. The molecule has 6 nitrogen and oxygen atoms in total. The molecule has 0 saturated carbocycles. The van der Waals surface area contributed by atoms with Crippen molar-refractivity contribution < 1.29 is 9.53 Å². The summed E-state index contributed by atoms with van der Waals surface area (Å²) in [6.07, 6.45) is 0. The van der Waals surface area contributed by atoms with Crippen molar-refractivity contribution in [1.29, 1.82) is 0 Å². The third-order valence-corrected chi connectivity index (χ3v) is 2.43. The van der Waals surface area contributed by atoms with E-state index in [4.69, 9.17) is 4.74 Å². The molecule has 0 amide bonds. The molecular formula is C12H14N4O2. The van der Waals surface area contributed by atoms with Crippen LogP contribution in [0.3, 0.4) is 0 Å². The monoisotopic (exact) mass is 246 g/mol. The van der Waals surface area contributed by atoms with E-state index in [1.807, 2.05) is 30.3 Å². The van der Waals surface area contributed by atoms with Gasteiger partial charge < -0.3 is 4.74 Å². The zero-order chi connectivity index (χ0) is 13.0. The van der Waals surface area contributed by atoms with Crippen molar-refractivity contribution in [3.63, 3.8) is 0 Å². The maximum Gasteiger partial charge on any atom is 0.332 e.